The highest BCUT2D eigenvalue weighted by molar-refractivity contribution is 5.71. The van der Waals surface area contributed by atoms with Crippen molar-refractivity contribution < 1.29 is 23.0 Å². The van der Waals surface area contributed by atoms with Crippen LogP contribution < -0.4 is 10.1 Å². The number of hydrogen-bond donors (Lipinski definition) is 1. The molecule has 0 saturated heterocycles. The Morgan fingerprint density at radius 1 is 1.25 bits per heavy atom. The van der Waals surface area contributed by atoms with E-state index in [4.69, 9.17) is 9.47 Å². The second-order valence-electron chi connectivity index (χ2n) is 5.20. The molecule has 0 atom stereocenters. The summed E-state index contributed by atoms with van der Waals surface area (Å²) < 4.78 is 36.7. The monoisotopic (exact) mass is 337 g/mol. The van der Waals surface area contributed by atoms with Crippen LogP contribution in [0.1, 0.15) is 19.4 Å². The number of aromatic nitrogens is 2. The van der Waals surface area contributed by atoms with Gasteiger partial charge in [0.2, 0.25) is 0 Å². The van der Waals surface area contributed by atoms with Crippen molar-refractivity contribution in [2.75, 3.05) is 12.0 Å². The van der Waals surface area contributed by atoms with E-state index >= 15 is 0 Å². The Bertz CT molecular complexity index is 693. The van der Waals surface area contributed by atoms with Gasteiger partial charge in [0.1, 0.15) is 12.4 Å². The molecule has 6 nitrogen and oxygen atoms in total. The summed E-state index contributed by atoms with van der Waals surface area (Å²) in [5.41, 5.74) is 0.713. The fraction of sp³-hybridized carbons (Fsp3) is 0.312. The van der Waals surface area contributed by atoms with E-state index < -0.39 is 11.8 Å². The van der Waals surface area contributed by atoms with E-state index in [1.807, 2.05) is 0 Å². The van der Waals surface area contributed by atoms with Crippen LogP contribution in [0.2, 0.25) is 0 Å². The molecular formula is C16H17F2N3O3. The zero-order valence-corrected chi connectivity index (χ0v) is 13.3. The average Bonchev–Trinajstić information content (AvgIpc) is 2.56. The third kappa shape index (κ3) is 5.15. The van der Waals surface area contributed by atoms with Crippen molar-refractivity contribution in [2.24, 2.45) is 5.92 Å². The smallest absolute Gasteiger partial charge is 0.318 e. The Morgan fingerprint density at radius 3 is 2.62 bits per heavy atom. The van der Waals surface area contributed by atoms with Crippen molar-refractivity contribution in [3.05, 3.63) is 47.7 Å². The highest BCUT2D eigenvalue weighted by atomic mass is 19.1. The van der Waals surface area contributed by atoms with Crippen molar-refractivity contribution >= 4 is 11.8 Å². The summed E-state index contributed by atoms with van der Waals surface area (Å²) in [6, 6.07) is 5.67. The number of anilines is 1. The first-order valence-corrected chi connectivity index (χ1v) is 7.26. The first kappa shape index (κ1) is 17.6. The van der Waals surface area contributed by atoms with Crippen molar-refractivity contribution in [3.8, 4) is 6.01 Å². The molecule has 0 aliphatic carbocycles. The van der Waals surface area contributed by atoms with Gasteiger partial charge in [0.15, 0.2) is 18.4 Å². The fourth-order valence-corrected chi connectivity index (χ4v) is 1.62. The Hall–Kier alpha value is -2.77. The second-order valence-corrected chi connectivity index (χ2v) is 5.20. The number of halogens is 2. The summed E-state index contributed by atoms with van der Waals surface area (Å²) in [5.74, 6) is -1.89. The van der Waals surface area contributed by atoms with Crippen molar-refractivity contribution in [2.45, 2.75) is 20.5 Å². The zero-order chi connectivity index (χ0) is 17.5. The number of rotatable bonds is 7. The number of hydrogen-bond acceptors (Lipinski definition) is 6. The molecule has 0 spiro atoms. The van der Waals surface area contributed by atoms with Gasteiger partial charge < -0.3 is 14.8 Å². The van der Waals surface area contributed by atoms with Crippen molar-refractivity contribution in [1.82, 2.24) is 9.97 Å². The first-order valence-electron chi connectivity index (χ1n) is 7.26. The topological polar surface area (TPSA) is 73.3 Å². The molecule has 1 aromatic carbocycles. The highest BCUT2D eigenvalue weighted by Crippen LogP contribution is 2.14. The molecule has 0 aliphatic heterocycles. The Labute approximate surface area is 137 Å². The van der Waals surface area contributed by atoms with Crippen LogP contribution in [0, 0.1) is 17.6 Å². The molecule has 2 rings (SSSR count). The molecular weight excluding hydrogens is 320 g/mol. The molecule has 1 aromatic heterocycles. The van der Waals surface area contributed by atoms with E-state index in [-0.39, 0.29) is 36.9 Å². The van der Waals surface area contributed by atoms with E-state index in [0.717, 1.165) is 6.20 Å². The number of esters is 1. The number of ether oxygens (including phenoxy) is 2. The zero-order valence-electron chi connectivity index (χ0n) is 13.3. The van der Waals surface area contributed by atoms with Gasteiger partial charge in [-0.1, -0.05) is 26.0 Å². The van der Waals surface area contributed by atoms with Crippen LogP contribution >= 0.6 is 0 Å². The van der Waals surface area contributed by atoms with E-state index in [1.54, 1.807) is 26.0 Å². The first-order chi connectivity index (χ1) is 11.5. The molecule has 1 heterocycles. The van der Waals surface area contributed by atoms with E-state index in [9.17, 15) is 13.6 Å². The lowest BCUT2D eigenvalue weighted by molar-refractivity contribution is -0.146. The predicted molar refractivity (Wildman–Crippen MR) is 82.1 cm³/mol. The van der Waals surface area contributed by atoms with Gasteiger partial charge >= 0.3 is 12.0 Å². The van der Waals surface area contributed by atoms with Gasteiger partial charge in [-0.05, 0) is 17.7 Å². The molecule has 0 bridgehead atoms. The van der Waals surface area contributed by atoms with Gasteiger partial charge in [-0.3, -0.25) is 4.79 Å². The van der Waals surface area contributed by atoms with Gasteiger partial charge in [0.05, 0.1) is 12.1 Å². The number of carbonyl (C=O) groups is 1. The maximum Gasteiger partial charge on any atom is 0.318 e. The molecule has 1 N–H and O–H groups in total. The quantitative estimate of drug-likeness (QED) is 0.619. The SMILES string of the molecule is CC(C)C(=O)OCNc1nc(OCc2ccc(F)cc2)ncc1F. The van der Waals surface area contributed by atoms with E-state index in [1.165, 1.54) is 12.1 Å². The Kier molecular flexibility index (Phi) is 6.00. The van der Waals surface area contributed by atoms with Gasteiger partial charge in [0.25, 0.3) is 0 Å². The number of carbonyl (C=O) groups excluding carboxylic acids is 1. The molecule has 0 aliphatic rings. The normalized spacial score (nSPS) is 10.5. The maximum absolute atomic E-state index is 13.6. The van der Waals surface area contributed by atoms with Crippen LogP contribution in [0.4, 0.5) is 14.6 Å². The predicted octanol–water partition coefficient (Wildman–Crippen LogP) is 2.90. The second kappa shape index (κ2) is 8.19. The summed E-state index contributed by atoms with van der Waals surface area (Å²) in [4.78, 5) is 18.9. The average molecular weight is 337 g/mol. The lowest BCUT2D eigenvalue weighted by atomic mass is 10.2. The fourth-order valence-electron chi connectivity index (χ4n) is 1.62. The standard InChI is InChI=1S/C16H17F2N3O3/c1-10(2)15(22)24-9-20-14-13(18)7-19-16(21-14)23-8-11-3-5-12(17)6-4-11/h3-7,10H,8-9H2,1-2H3,(H,19,20,21). The van der Waals surface area contributed by atoms with Crippen LogP contribution in [0.25, 0.3) is 0 Å². The van der Waals surface area contributed by atoms with E-state index in [2.05, 4.69) is 15.3 Å². The van der Waals surface area contributed by atoms with Gasteiger partial charge in [-0.2, -0.15) is 4.98 Å². The maximum atomic E-state index is 13.6. The minimum atomic E-state index is -0.704. The Balaban J connectivity index is 1.92. The van der Waals surface area contributed by atoms with Gasteiger partial charge in [-0.25, -0.2) is 13.8 Å². The molecule has 2 aromatic rings. The highest BCUT2D eigenvalue weighted by Gasteiger charge is 2.11. The molecule has 0 unspecified atom stereocenters. The minimum Gasteiger partial charge on any atom is -0.459 e. The molecule has 0 saturated carbocycles. The lowest BCUT2D eigenvalue weighted by Gasteiger charge is -2.10. The number of nitrogens with zero attached hydrogens (tertiary/aromatic N) is 2. The molecule has 0 radical (unpaired) electrons. The summed E-state index contributed by atoms with van der Waals surface area (Å²) in [6.45, 7) is 3.26. The Morgan fingerprint density at radius 2 is 1.96 bits per heavy atom. The van der Waals surface area contributed by atoms with Crippen LogP contribution in [0.3, 0.4) is 0 Å². The number of nitrogens with one attached hydrogen (secondary N) is 1. The van der Waals surface area contributed by atoms with Crippen LogP contribution in [0.5, 0.6) is 6.01 Å². The summed E-state index contributed by atoms with van der Waals surface area (Å²) in [5, 5.41) is 2.55. The summed E-state index contributed by atoms with van der Waals surface area (Å²) in [7, 11) is 0. The molecule has 0 fully saturated rings. The summed E-state index contributed by atoms with van der Waals surface area (Å²) >= 11 is 0. The van der Waals surface area contributed by atoms with E-state index in [0.29, 0.717) is 5.56 Å². The largest absolute Gasteiger partial charge is 0.459 e. The summed E-state index contributed by atoms with van der Waals surface area (Å²) in [6.07, 6.45) is 0.944. The van der Waals surface area contributed by atoms with Gasteiger partial charge in [-0.15, -0.1) is 0 Å². The molecule has 24 heavy (non-hydrogen) atoms. The minimum absolute atomic E-state index is 0.0570. The lowest BCUT2D eigenvalue weighted by Crippen LogP contribution is -2.18. The van der Waals surface area contributed by atoms with Gasteiger partial charge in [0, 0.05) is 0 Å². The van der Waals surface area contributed by atoms with Crippen molar-refractivity contribution in [3.63, 3.8) is 0 Å². The third-order valence-corrected chi connectivity index (χ3v) is 2.93. The molecule has 0 amide bonds. The third-order valence-electron chi connectivity index (χ3n) is 2.93. The van der Waals surface area contributed by atoms with Crippen LogP contribution in [-0.2, 0) is 16.1 Å². The molecule has 8 heteroatoms. The van der Waals surface area contributed by atoms with Crippen LogP contribution in [0.15, 0.2) is 30.5 Å². The van der Waals surface area contributed by atoms with Crippen LogP contribution in [-0.4, -0.2) is 22.7 Å². The molecule has 128 valence electrons. The van der Waals surface area contributed by atoms with Crippen molar-refractivity contribution in [1.29, 1.82) is 0 Å². The number of benzene rings is 1.